The average molecular weight is 419 g/mol. The first kappa shape index (κ1) is 19.6. The van der Waals surface area contributed by atoms with Gasteiger partial charge in [-0.3, -0.25) is 19.2 Å². The molecule has 9 nitrogen and oxygen atoms in total. The van der Waals surface area contributed by atoms with Gasteiger partial charge < -0.3 is 10.2 Å². The van der Waals surface area contributed by atoms with E-state index < -0.39 is 0 Å². The van der Waals surface area contributed by atoms with Crippen molar-refractivity contribution in [3.8, 4) is 5.95 Å². The molecule has 1 saturated carbocycles. The molecule has 0 spiro atoms. The first-order valence-corrected chi connectivity index (χ1v) is 10.7. The van der Waals surface area contributed by atoms with Gasteiger partial charge in [0, 0.05) is 63.7 Å². The van der Waals surface area contributed by atoms with Crippen molar-refractivity contribution < 1.29 is 4.79 Å². The normalized spacial score (nSPS) is 19.4. The van der Waals surface area contributed by atoms with Gasteiger partial charge in [-0.15, -0.1) is 0 Å². The number of carbonyl (C=O) groups is 1. The number of aromatic nitrogens is 5. The number of nitrogens with one attached hydrogen (secondary N) is 1. The second kappa shape index (κ2) is 8.81. The molecule has 5 rings (SSSR count). The Morgan fingerprint density at radius 1 is 1.13 bits per heavy atom. The van der Waals surface area contributed by atoms with Crippen LogP contribution in [0.3, 0.4) is 0 Å². The van der Waals surface area contributed by atoms with Crippen LogP contribution in [0.5, 0.6) is 0 Å². The zero-order valence-electron chi connectivity index (χ0n) is 17.3. The van der Waals surface area contributed by atoms with E-state index in [2.05, 4.69) is 36.1 Å². The standard InChI is InChI=1S/C22H26N8O/c31-21(26-13-17-3-4-17)19-15-29(11-10-28(19)14-18-2-1-6-23-12-18)20-5-7-25-22(27-20)30-9-8-24-16-30/h1-2,5-9,12,16-17,19H,3-4,10-11,13-15H2,(H,26,31). The molecule has 4 heterocycles. The SMILES string of the molecule is O=C(NCC1CC1)C1CN(c2ccnc(-n3ccnc3)n2)CCN1Cc1cccnc1. The van der Waals surface area contributed by atoms with E-state index in [9.17, 15) is 4.79 Å². The third kappa shape index (κ3) is 4.72. The molecule has 3 aromatic rings. The molecule has 1 unspecified atom stereocenters. The minimum absolute atomic E-state index is 0.0874. The smallest absolute Gasteiger partial charge is 0.239 e. The number of rotatable bonds is 7. The van der Waals surface area contributed by atoms with Gasteiger partial charge in [-0.1, -0.05) is 6.07 Å². The first-order valence-electron chi connectivity index (χ1n) is 10.7. The van der Waals surface area contributed by atoms with E-state index in [1.54, 1.807) is 29.5 Å². The van der Waals surface area contributed by atoms with Crippen molar-refractivity contribution in [1.29, 1.82) is 0 Å². The molecule has 1 atom stereocenters. The molecule has 2 aliphatic rings. The number of hydrogen-bond donors (Lipinski definition) is 1. The third-order valence-electron chi connectivity index (χ3n) is 5.85. The van der Waals surface area contributed by atoms with Crippen LogP contribution in [0.1, 0.15) is 18.4 Å². The molecule has 3 aromatic heterocycles. The number of pyridine rings is 1. The van der Waals surface area contributed by atoms with Gasteiger partial charge in [0.05, 0.1) is 0 Å². The Kier molecular flexibility index (Phi) is 5.57. The van der Waals surface area contributed by atoms with Crippen LogP contribution in [0.2, 0.25) is 0 Å². The van der Waals surface area contributed by atoms with Crippen LogP contribution in [-0.2, 0) is 11.3 Å². The fraction of sp³-hybridized carbons (Fsp3) is 0.409. The van der Waals surface area contributed by atoms with Gasteiger partial charge in [0.25, 0.3) is 0 Å². The maximum absolute atomic E-state index is 13.1. The molecule has 1 aliphatic carbocycles. The van der Waals surface area contributed by atoms with Crippen LogP contribution in [0.4, 0.5) is 5.82 Å². The summed E-state index contributed by atoms with van der Waals surface area (Å²) in [5, 5.41) is 3.17. The lowest BCUT2D eigenvalue weighted by molar-refractivity contribution is -0.127. The lowest BCUT2D eigenvalue weighted by Gasteiger charge is -2.41. The van der Waals surface area contributed by atoms with Crippen molar-refractivity contribution in [2.45, 2.75) is 25.4 Å². The van der Waals surface area contributed by atoms with E-state index in [0.717, 1.165) is 31.0 Å². The molecule has 1 saturated heterocycles. The summed E-state index contributed by atoms with van der Waals surface area (Å²) in [6.07, 6.45) is 13.0. The van der Waals surface area contributed by atoms with Gasteiger partial charge in [0.15, 0.2) is 0 Å². The van der Waals surface area contributed by atoms with E-state index in [-0.39, 0.29) is 11.9 Å². The average Bonchev–Trinajstić information content (AvgIpc) is 3.49. The number of imidazole rings is 1. The maximum atomic E-state index is 13.1. The van der Waals surface area contributed by atoms with Crippen molar-refractivity contribution in [3.63, 3.8) is 0 Å². The molecule has 0 aromatic carbocycles. The molecule has 9 heteroatoms. The molecule has 1 N–H and O–H groups in total. The summed E-state index contributed by atoms with van der Waals surface area (Å²) in [6, 6.07) is 5.64. The van der Waals surface area contributed by atoms with E-state index in [4.69, 9.17) is 4.98 Å². The number of carbonyl (C=O) groups excluding carboxylic acids is 1. The van der Waals surface area contributed by atoms with Crippen LogP contribution in [0, 0.1) is 5.92 Å². The number of hydrogen-bond acceptors (Lipinski definition) is 7. The Balaban J connectivity index is 1.34. The summed E-state index contributed by atoms with van der Waals surface area (Å²) in [5.74, 6) is 2.13. The molecule has 31 heavy (non-hydrogen) atoms. The topological polar surface area (TPSA) is 92.1 Å². The van der Waals surface area contributed by atoms with E-state index in [1.165, 1.54) is 12.8 Å². The van der Waals surface area contributed by atoms with Gasteiger partial charge in [-0.2, -0.15) is 4.98 Å². The molecule has 0 radical (unpaired) electrons. The predicted molar refractivity (Wildman–Crippen MR) is 116 cm³/mol. The quantitative estimate of drug-likeness (QED) is 0.618. The summed E-state index contributed by atoms with van der Waals surface area (Å²) < 4.78 is 1.78. The molecule has 0 bridgehead atoms. The van der Waals surface area contributed by atoms with Gasteiger partial charge in [-0.25, -0.2) is 9.97 Å². The van der Waals surface area contributed by atoms with Crippen LogP contribution in [0.15, 0.2) is 55.5 Å². The van der Waals surface area contributed by atoms with Crippen LogP contribution < -0.4 is 10.2 Å². The van der Waals surface area contributed by atoms with Gasteiger partial charge in [-0.05, 0) is 36.5 Å². The van der Waals surface area contributed by atoms with Gasteiger partial charge >= 0.3 is 0 Å². The largest absolute Gasteiger partial charge is 0.354 e. The Morgan fingerprint density at radius 3 is 2.84 bits per heavy atom. The molecule has 160 valence electrons. The Labute approximate surface area is 181 Å². The third-order valence-corrected chi connectivity index (χ3v) is 5.85. The van der Waals surface area contributed by atoms with E-state index >= 15 is 0 Å². The lowest BCUT2D eigenvalue weighted by atomic mass is 10.1. The Hall–Kier alpha value is -3.33. The zero-order chi connectivity index (χ0) is 21.0. The van der Waals surface area contributed by atoms with Crippen molar-refractivity contribution >= 4 is 11.7 Å². The number of piperazine rings is 1. The van der Waals surface area contributed by atoms with E-state index in [1.807, 2.05) is 24.5 Å². The summed E-state index contributed by atoms with van der Waals surface area (Å²) in [4.78, 5) is 34.9. The minimum atomic E-state index is -0.251. The van der Waals surface area contributed by atoms with Crippen LogP contribution >= 0.6 is 0 Å². The van der Waals surface area contributed by atoms with Gasteiger partial charge in [0.2, 0.25) is 11.9 Å². The Morgan fingerprint density at radius 2 is 2.06 bits per heavy atom. The molecule has 1 aliphatic heterocycles. The second-order valence-electron chi connectivity index (χ2n) is 8.17. The highest BCUT2D eigenvalue weighted by Crippen LogP contribution is 2.28. The summed E-state index contributed by atoms with van der Waals surface area (Å²) in [5.41, 5.74) is 1.11. The number of nitrogens with zero attached hydrogens (tertiary/aromatic N) is 7. The lowest BCUT2D eigenvalue weighted by Crippen LogP contribution is -2.59. The highest BCUT2D eigenvalue weighted by Gasteiger charge is 2.34. The van der Waals surface area contributed by atoms with Crippen LogP contribution in [-0.4, -0.2) is 67.5 Å². The molecule has 1 amide bonds. The highest BCUT2D eigenvalue weighted by atomic mass is 16.2. The summed E-state index contributed by atoms with van der Waals surface area (Å²) >= 11 is 0. The monoisotopic (exact) mass is 418 g/mol. The fourth-order valence-corrected chi connectivity index (χ4v) is 3.89. The Bertz CT molecular complexity index is 1010. The maximum Gasteiger partial charge on any atom is 0.239 e. The highest BCUT2D eigenvalue weighted by molar-refractivity contribution is 5.82. The number of anilines is 1. The van der Waals surface area contributed by atoms with Gasteiger partial charge in [0.1, 0.15) is 18.2 Å². The van der Waals surface area contributed by atoms with Crippen molar-refractivity contribution in [2.24, 2.45) is 5.92 Å². The molecule has 2 fully saturated rings. The van der Waals surface area contributed by atoms with Crippen LogP contribution in [0.25, 0.3) is 5.95 Å². The first-order chi connectivity index (χ1) is 15.3. The van der Waals surface area contributed by atoms with Crippen molar-refractivity contribution in [3.05, 3.63) is 61.1 Å². The summed E-state index contributed by atoms with van der Waals surface area (Å²) in [7, 11) is 0. The fourth-order valence-electron chi connectivity index (χ4n) is 3.89. The molecular weight excluding hydrogens is 392 g/mol. The van der Waals surface area contributed by atoms with Crippen molar-refractivity contribution in [1.82, 2.24) is 34.7 Å². The number of amides is 1. The predicted octanol–water partition coefficient (Wildman–Crippen LogP) is 1.27. The zero-order valence-corrected chi connectivity index (χ0v) is 17.3. The van der Waals surface area contributed by atoms with Crippen molar-refractivity contribution in [2.75, 3.05) is 31.1 Å². The summed E-state index contributed by atoms with van der Waals surface area (Å²) in [6.45, 7) is 3.60. The second-order valence-corrected chi connectivity index (χ2v) is 8.17. The minimum Gasteiger partial charge on any atom is -0.354 e. The van der Waals surface area contributed by atoms with E-state index in [0.29, 0.717) is 25.0 Å². The molecular formula is C22H26N8O.